The van der Waals surface area contributed by atoms with Gasteiger partial charge in [0.15, 0.2) is 5.75 Å². The Labute approximate surface area is 185 Å². The molecule has 0 aromatic heterocycles. The Morgan fingerprint density at radius 2 is 1.32 bits per heavy atom. The summed E-state index contributed by atoms with van der Waals surface area (Å²) in [7, 11) is -9.62. The van der Waals surface area contributed by atoms with Crippen LogP contribution >= 0.6 is 0 Å². The van der Waals surface area contributed by atoms with E-state index in [2.05, 4.69) is 6.92 Å². The number of rotatable bonds is 13. The van der Waals surface area contributed by atoms with Gasteiger partial charge >= 0.3 is 0 Å². The third kappa shape index (κ3) is 7.92. The second-order valence-corrected chi connectivity index (χ2v) is 10.2. The molecule has 0 bridgehead atoms. The minimum atomic E-state index is -4.83. The smallest absolute Gasteiger partial charge is 0.298 e. The van der Waals surface area contributed by atoms with E-state index in [1.54, 1.807) is 18.2 Å². The Balaban J connectivity index is 2.29. The molecule has 0 unspecified atom stereocenters. The quantitative estimate of drug-likeness (QED) is 0.287. The van der Waals surface area contributed by atoms with Crippen molar-refractivity contribution < 1.29 is 30.7 Å². The molecule has 2 N–H and O–H groups in total. The van der Waals surface area contributed by atoms with Gasteiger partial charge in [-0.25, -0.2) is 0 Å². The van der Waals surface area contributed by atoms with E-state index in [1.807, 2.05) is 0 Å². The zero-order chi connectivity index (χ0) is 22.9. The first kappa shape index (κ1) is 25.3. The van der Waals surface area contributed by atoms with Crippen LogP contribution in [0.25, 0.3) is 0 Å². The molecule has 9 heteroatoms. The van der Waals surface area contributed by atoms with Gasteiger partial charge in [0.1, 0.15) is 15.5 Å². The third-order valence-electron chi connectivity index (χ3n) is 4.96. The molecule has 0 amide bonds. The Morgan fingerprint density at radius 3 is 1.87 bits per heavy atom. The lowest BCUT2D eigenvalue weighted by atomic mass is 10.0. The van der Waals surface area contributed by atoms with E-state index in [9.17, 15) is 25.9 Å². The Kier molecular flexibility index (Phi) is 9.49. The number of aryl methyl sites for hydroxylation is 1. The highest BCUT2D eigenvalue weighted by Gasteiger charge is 2.29. The lowest BCUT2D eigenvalue weighted by molar-refractivity contribution is 0.428. The molecule has 0 heterocycles. The number of hydrogen-bond donors (Lipinski definition) is 2. The van der Waals surface area contributed by atoms with Crippen LogP contribution in [0.3, 0.4) is 0 Å². The molecule has 0 aliphatic rings. The predicted octanol–water partition coefficient (Wildman–Crippen LogP) is 5.66. The zero-order valence-corrected chi connectivity index (χ0v) is 19.3. The van der Waals surface area contributed by atoms with Gasteiger partial charge in [-0.15, -0.1) is 0 Å². The zero-order valence-electron chi connectivity index (χ0n) is 17.7. The van der Waals surface area contributed by atoms with Crippen molar-refractivity contribution in [3.05, 3.63) is 48.0 Å². The van der Waals surface area contributed by atoms with Crippen LogP contribution in [0.5, 0.6) is 11.5 Å². The van der Waals surface area contributed by atoms with Crippen molar-refractivity contribution >= 4 is 20.2 Å². The topological polar surface area (TPSA) is 118 Å². The predicted molar refractivity (Wildman–Crippen MR) is 119 cm³/mol. The molecule has 0 spiro atoms. The number of para-hydroxylation sites is 1. The summed E-state index contributed by atoms with van der Waals surface area (Å²) in [6.45, 7) is 2.16. The van der Waals surface area contributed by atoms with Crippen molar-refractivity contribution in [1.29, 1.82) is 0 Å². The monoisotopic (exact) mass is 470 g/mol. The fourth-order valence-electron chi connectivity index (χ4n) is 3.42. The van der Waals surface area contributed by atoms with E-state index in [1.165, 1.54) is 43.9 Å². The van der Waals surface area contributed by atoms with Gasteiger partial charge in [-0.3, -0.25) is 9.11 Å². The fourth-order valence-corrected chi connectivity index (χ4v) is 4.99. The molecule has 0 fully saturated rings. The van der Waals surface area contributed by atoms with Crippen LogP contribution in [-0.4, -0.2) is 25.9 Å². The number of ether oxygens (including phenoxy) is 1. The van der Waals surface area contributed by atoms with Gasteiger partial charge in [0.2, 0.25) is 0 Å². The van der Waals surface area contributed by atoms with Crippen molar-refractivity contribution in [3.8, 4) is 11.5 Å². The summed E-state index contributed by atoms with van der Waals surface area (Å²) >= 11 is 0. The van der Waals surface area contributed by atoms with Crippen molar-refractivity contribution in [1.82, 2.24) is 0 Å². The molecule has 7 nitrogen and oxygen atoms in total. The van der Waals surface area contributed by atoms with E-state index in [0.29, 0.717) is 12.8 Å². The summed E-state index contributed by atoms with van der Waals surface area (Å²) in [5.41, 5.74) is 0.242. The molecule has 0 saturated heterocycles. The maximum atomic E-state index is 12.2. The second kappa shape index (κ2) is 11.6. The summed E-state index contributed by atoms with van der Waals surface area (Å²) in [4.78, 5) is -1.35. The van der Waals surface area contributed by atoms with Gasteiger partial charge in [0, 0.05) is 0 Å². The first-order valence-electron chi connectivity index (χ1n) is 10.5. The largest absolute Gasteiger partial charge is 0.454 e. The highest BCUT2D eigenvalue weighted by atomic mass is 32.2. The van der Waals surface area contributed by atoms with E-state index in [4.69, 9.17) is 4.74 Å². The molecule has 0 atom stereocenters. The van der Waals surface area contributed by atoms with Gasteiger partial charge in [-0.05, 0) is 36.6 Å². The molecule has 31 heavy (non-hydrogen) atoms. The number of unbranched alkanes of at least 4 members (excludes halogenated alkanes) is 7. The van der Waals surface area contributed by atoms with E-state index < -0.39 is 35.8 Å². The molecule has 172 valence electrons. The summed E-state index contributed by atoms with van der Waals surface area (Å²) in [5.74, 6) is -0.435. The first-order chi connectivity index (χ1) is 14.6. The van der Waals surface area contributed by atoms with Gasteiger partial charge in [0.05, 0.1) is 0 Å². The fraction of sp³-hybridized carbons (Fsp3) is 0.455. The Hall–Kier alpha value is -1.94. The molecule has 2 aromatic rings. The van der Waals surface area contributed by atoms with Gasteiger partial charge in [-0.2, -0.15) is 16.8 Å². The van der Waals surface area contributed by atoms with Crippen LogP contribution in [0.4, 0.5) is 0 Å². The molecule has 0 radical (unpaired) electrons. The summed E-state index contributed by atoms with van der Waals surface area (Å²) < 4.78 is 73.0. The first-order valence-corrected chi connectivity index (χ1v) is 13.4. The highest BCUT2D eigenvalue weighted by molar-refractivity contribution is 7.87. The van der Waals surface area contributed by atoms with Crippen LogP contribution in [0, 0.1) is 0 Å². The minimum absolute atomic E-state index is 0.168. The van der Waals surface area contributed by atoms with Crippen LogP contribution in [0.15, 0.2) is 52.3 Å². The van der Waals surface area contributed by atoms with E-state index >= 15 is 0 Å². The maximum absolute atomic E-state index is 12.2. The average molecular weight is 471 g/mol. The van der Waals surface area contributed by atoms with Gasteiger partial charge < -0.3 is 4.74 Å². The standard InChI is InChI=1S/C22H30O7S2/c1-2-3-4-5-6-7-8-10-13-18-16-17-20(30(23,24)25)21(22(18)31(26,27)28)29-19-14-11-9-12-15-19/h9,11-12,14-17H,2-8,10,13H2,1H3,(H,23,24,25)(H,26,27,28). The van der Waals surface area contributed by atoms with Crippen molar-refractivity contribution in [2.75, 3.05) is 0 Å². The van der Waals surface area contributed by atoms with Gasteiger partial charge in [0.25, 0.3) is 20.2 Å². The van der Waals surface area contributed by atoms with Crippen LogP contribution in [0.2, 0.25) is 0 Å². The molecular formula is C22H30O7S2. The maximum Gasteiger partial charge on any atom is 0.298 e. The van der Waals surface area contributed by atoms with E-state index in [-0.39, 0.29) is 11.3 Å². The Morgan fingerprint density at radius 1 is 0.742 bits per heavy atom. The lowest BCUT2D eigenvalue weighted by Gasteiger charge is -2.16. The molecule has 0 aliphatic heterocycles. The van der Waals surface area contributed by atoms with Gasteiger partial charge in [-0.1, -0.05) is 76.1 Å². The van der Waals surface area contributed by atoms with Crippen LogP contribution in [-0.2, 0) is 26.7 Å². The SMILES string of the molecule is CCCCCCCCCCc1ccc(S(=O)(=O)O)c(Oc2ccccc2)c1S(=O)(=O)O. The molecular weight excluding hydrogens is 440 g/mol. The van der Waals surface area contributed by atoms with Crippen LogP contribution in [0.1, 0.15) is 63.9 Å². The van der Waals surface area contributed by atoms with Crippen molar-refractivity contribution in [2.24, 2.45) is 0 Å². The number of hydrogen-bond acceptors (Lipinski definition) is 5. The lowest BCUT2D eigenvalue weighted by Crippen LogP contribution is -2.10. The molecule has 0 saturated carbocycles. The van der Waals surface area contributed by atoms with Crippen molar-refractivity contribution in [2.45, 2.75) is 74.5 Å². The summed E-state index contributed by atoms with van der Waals surface area (Å²) in [5, 5.41) is 0. The second-order valence-electron chi connectivity index (χ2n) is 7.47. The van der Waals surface area contributed by atoms with E-state index in [0.717, 1.165) is 25.3 Å². The summed E-state index contributed by atoms with van der Waals surface area (Å²) in [6, 6.07) is 10.4. The molecule has 2 rings (SSSR count). The van der Waals surface area contributed by atoms with Crippen LogP contribution < -0.4 is 4.74 Å². The average Bonchev–Trinajstić information content (AvgIpc) is 2.69. The highest BCUT2D eigenvalue weighted by Crippen LogP contribution is 2.38. The molecule has 2 aromatic carbocycles. The normalized spacial score (nSPS) is 12.1. The van der Waals surface area contributed by atoms with Crippen molar-refractivity contribution in [3.63, 3.8) is 0 Å². The Bertz CT molecular complexity index is 1050. The number of benzene rings is 2. The third-order valence-corrected chi connectivity index (χ3v) is 6.80. The minimum Gasteiger partial charge on any atom is -0.454 e. The summed E-state index contributed by atoms with van der Waals surface area (Å²) in [6.07, 6.45) is 8.78. The molecule has 0 aliphatic carbocycles.